The van der Waals surface area contributed by atoms with Crippen molar-refractivity contribution in [3.05, 3.63) is 38.4 Å². The predicted molar refractivity (Wildman–Crippen MR) is 69.7 cm³/mol. The Kier molecular flexibility index (Phi) is 1.91. The maximum atomic E-state index is 2.32. The largest absolute Gasteiger partial charge is 0.143 e. The molecule has 0 spiro atoms. The van der Waals surface area contributed by atoms with Crippen LogP contribution in [0.25, 0.3) is 16.0 Å². The highest BCUT2D eigenvalue weighted by Crippen LogP contribution is 2.51. The minimum Gasteiger partial charge on any atom is -0.143 e. The van der Waals surface area contributed by atoms with Gasteiger partial charge in [0.1, 0.15) is 0 Å². The number of hydrogen-bond acceptors (Lipinski definition) is 2. The first-order valence-electron chi connectivity index (χ1n) is 5.05. The molecule has 76 valence electrons. The second kappa shape index (κ2) is 3.06. The molecule has 2 aromatic heterocycles. The summed E-state index contributed by atoms with van der Waals surface area (Å²) in [5.41, 5.74) is 5.80. The van der Waals surface area contributed by atoms with E-state index in [0.717, 1.165) is 0 Å². The van der Waals surface area contributed by atoms with E-state index in [4.69, 9.17) is 0 Å². The van der Waals surface area contributed by atoms with Crippen LogP contribution in [0.3, 0.4) is 0 Å². The highest BCUT2D eigenvalue weighted by molar-refractivity contribution is 7.17. The second-order valence-electron chi connectivity index (χ2n) is 4.14. The van der Waals surface area contributed by atoms with Crippen LogP contribution in [0, 0.1) is 6.92 Å². The number of thiophene rings is 2. The zero-order valence-electron chi connectivity index (χ0n) is 9.05. The Morgan fingerprint density at radius 2 is 1.93 bits per heavy atom. The SMILES string of the molecule is CC(C)=C1c2ccsc2-c2cc(C)sc21. The van der Waals surface area contributed by atoms with Crippen molar-refractivity contribution in [2.45, 2.75) is 20.8 Å². The molecule has 0 N–H and O–H groups in total. The highest BCUT2D eigenvalue weighted by atomic mass is 32.1. The molecular formula is C13H12S2. The summed E-state index contributed by atoms with van der Waals surface area (Å²) in [6.45, 7) is 6.61. The number of aryl methyl sites for hydroxylation is 1. The smallest absolute Gasteiger partial charge is 0.0438 e. The summed E-state index contributed by atoms with van der Waals surface area (Å²) in [5, 5.41) is 2.20. The fraction of sp³-hybridized carbons (Fsp3) is 0.231. The van der Waals surface area contributed by atoms with E-state index < -0.39 is 0 Å². The summed E-state index contributed by atoms with van der Waals surface area (Å²) < 4.78 is 0. The Morgan fingerprint density at radius 3 is 2.67 bits per heavy atom. The fourth-order valence-electron chi connectivity index (χ4n) is 2.20. The van der Waals surface area contributed by atoms with Gasteiger partial charge in [-0.25, -0.2) is 0 Å². The van der Waals surface area contributed by atoms with Crippen LogP contribution >= 0.6 is 22.7 Å². The molecule has 0 bridgehead atoms. The van der Waals surface area contributed by atoms with Crippen LogP contribution < -0.4 is 0 Å². The molecule has 0 saturated heterocycles. The first kappa shape index (κ1) is 9.37. The van der Waals surface area contributed by atoms with Gasteiger partial charge in [0, 0.05) is 25.8 Å². The molecule has 2 heteroatoms. The first-order valence-corrected chi connectivity index (χ1v) is 6.74. The van der Waals surface area contributed by atoms with Crippen molar-refractivity contribution in [1.82, 2.24) is 0 Å². The van der Waals surface area contributed by atoms with E-state index in [9.17, 15) is 0 Å². The molecule has 0 unspecified atom stereocenters. The molecule has 15 heavy (non-hydrogen) atoms. The van der Waals surface area contributed by atoms with Gasteiger partial charge in [-0.1, -0.05) is 5.57 Å². The van der Waals surface area contributed by atoms with Crippen LogP contribution in [-0.2, 0) is 0 Å². The summed E-state index contributed by atoms with van der Waals surface area (Å²) >= 11 is 3.78. The molecule has 2 aromatic rings. The summed E-state index contributed by atoms with van der Waals surface area (Å²) in [6.07, 6.45) is 0. The van der Waals surface area contributed by atoms with Gasteiger partial charge in [0.15, 0.2) is 0 Å². The zero-order chi connectivity index (χ0) is 10.6. The van der Waals surface area contributed by atoms with E-state index in [0.29, 0.717) is 0 Å². The normalized spacial score (nSPS) is 12.9. The highest BCUT2D eigenvalue weighted by Gasteiger charge is 2.27. The van der Waals surface area contributed by atoms with Gasteiger partial charge < -0.3 is 0 Å². The average molecular weight is 232 g/mol. The fourth-order valence-corrected chi connectivity index (χ4v) is 4.38. The van der Waals surface area contributed by atoms with Gasteiger partial charge in [-0.2, -0.15) is 0 Å². The van der Waals surface area contributed by atoms with Crippen molar-refractivity contribution < 1.29 is 0 Å². The molecule has 1 aliphatic rings. The van der Waals surface area contributed by atoms with Gasteiger partial charge in [-0.3, -0.25) is 0 Å². The molecule has 0 nitrogen and oxygen atoms in total. The Hall–Kier alpha value is -0.860. The zero-order valence-corrected chi connectivity index (χ0v) is 10.7. The van der Waals surface area contributed by atoms with Gasteiger partial charge in [0.05, 0.1) is 0 Å². The van der Waals surface area contributed by atoms with Crippen LogP contribution in [0.1, 0.15) is 29.2 Å². The van der Waals surface area contributed by atoms with Crippen LogP contribution in [-0.4, -0.2) is 0 Å². The van der Waals surface area contributed by atoms with Crippen molar-refractivity contribution in [2.24, 2.45) is 0 Å². The molecule has 0 saturated carbocycles. The van der Waals surface area contributed by atoms with Crippen LogP contribution in [0.15, 0.2) is 23.1 Å². The number of rotatable bonds is 0. The monoisotopic (exact) mass is 232 g/mol. The van der Waals surface area contributed by atoms with Gasteiger partial charge >= 0.3 is 0 Å². The van der Waals surface area contributed by atoms with Gasteiger partial charge in [0.25, 0.3) is 0 Å². The molecule has 0 aromatic carbocycles. The summed E-state index contributed by atoms with van der Waals surface area (Å²) in [4.78, 5) is 4.36. The van der Waals surface area contributed by atoms with E-state index >= 15 is 0 Å². The third-order valence-electron chi connectivity index (χ3n) is 2.76. The molecule has 1 aliphatic carbocycles. The maximum absolute atomic E-state index is 2.32. The molecule has 0 radical (unpaired) electrons. The Bertz CT molecular complexity index is 563. The van der Waals surface area contributed by atoms with Gasteiger partial charge in [-0.05, 0) is 43.9 Å². The minimum atomic E-state index is 1.41. The third kappa shape index (κ3) is 1.18. The van der Waals surface area contributed by atoms with Crippen LogP contribution in [0.5, 0.6) is 0 Å². The van der Waals surface area contributed by atoms with E-state index in [1.54, 1.807) is 0 Å². The Morgan fingerprint density at radius 1 is 1.13 bits per heavy atom. The van der Waals surface area contributed by atoms with Gasteiger partial charge in [0.2, 0.25) is 0 Å². The molecule has 3 rings (SSSR count). The van der Waals surface area contributed by atoms with E-state index in [-0.39, 0.29) is 0 Å². The van der Waals surface area contributed by atoms with Crippen molar-refractivity contribution in [3.63, 3.8) is 0 Å². The second-order valence-corrected chi connectivity index (χ2v) is 6.31. The quantitative estimate of drug-likeness (QED) is 0.515. The molecule has 0 atom stereocenters. The molecule has 2 heterocycles. The lowest BCUT2D eigenvalue weighted by molar-refractivity contribution is 1.40. The van der Waals surface area contributed by atoms with Crippen molar-refractivity contribution in [1.29, 1.82) is 0 Å². The summed E-state index contributed by atoms with van der Waals surface area (Å²) in [6, 6.07) is 4.58. The maximum Gasteiger partial charge on any atom is 0.0438 e. The Balaban J connectivity index is 2.42. The standard InChI is InChI=1S/C13H12S2/c1-7(2)11-9-4-5-14-12(9)10-6-8(3)15-13(10)11/h4-6H,1-3H3. The van der Waals surface area contributed by atoms with Gasteiger partial charge in [-0.15, -0.1) is 22.7 Å². The van der Waals surface area contributed by atoms with E-state index in [2.05, 4.69) is 38.3 Å². The van der Waals surface area contributed by atoms with Crippen molar-refractivity contribution in [3.8, 4) is 10.4 Å². The first-order chi connectivity index (χ1) is 7.18. The van der Waals surface area contributed by atoms with Crippen LogP contribution in [0.4, 0.5) is 0 Å². The lowest BCUT2D eigenvalue weighted by Crippen LogP contribution is -1.79. The third-order valence-corrected chi connectivity index (χ3v) is 4.78. The minimum absolute atomic E-state index is 1.41. The average Bonchev–Trinajstić information content (AvgIpc) is 2.74. The Labute approximate surface area is 97.9 Å². The van der Waals surface area contributed by atoms with E-state index in [1.165, 1.54) is 36.9 Å². The number of allylic oxidation sites excluding steroid dienone is 1. The molecule has 0 amide bonds. The lowest BCUT2D eigenvalue weighted by atomic mass is 10.1. The summed E-state index contributed by atoms with van der Waals surface area (Å²) in [5.74, 6) is 0. The number of fused-ring (bicyclic) bond motifs is 3. The molecular weight excluding hydrogens is 220 g/mol. The molecule has 0 fully saturated rings. The predicted octanol–water partition coefficient (Wildman–Crippen LogP) is 4.94. The van der Waals surface area contributed by atoms with Crippen molar-refractivity contribution in [2.75, 3.05) is 0 Å². The summed E-state index contributed by atoms with van der Waals surface area (Å²) in [7, 11) is 0. The number of hydrogen-bond donors (Lipinski definition) is 0. The van der Waals surface area contributed by atoms with E-state index in [1.807, 2.05) is 22.7 Å². The molecule has 0 aliphatic heterocycles. The van der Waals surface area contributed by atoms with Crippen LogP contribution in [0.2, 0.25) is 0 Å². The lowest BCUT2D eigenvalue weighted by Gasteiger charge is -2.00. The van der Waals surface area contributed by atoms with Crippen molar-refractivity contribution >= 4 is 28.2 Å². The topological polar surface area (TPSA) is 0 Å².